The average molecular weight is 334 g/mol. The Kier molecular flexibility index (Phi) is 7.89. The molecule has 1 aromatic rings. The van der Waals surface area contributed by atoms with Crippen LogP contribution in [-0.2, 0) is 4.79 Å². The van der Waals surface area contributed by atoms with E-state index in [0.29, 0.717) is 18.2 Å². The number of hydrogen-bond donors (Lipinski definition) is 2. The van der Waals surface area contributed by atoms with Gasteiger partial charge in [-0.15, -0.1) is 0 Å². The van der Waals surface area contributed by atoms with Crippen LogP contribution in [0.4, 0.5) is 4.39 Å². The quantitative estimate of drug-likeness (QED) is 0.436. The van der Waals surface area contributed by atoms with E-state index in [1.54, 1.807) is 0 Å². The number of benzene rings is 1. The molecule has 24 heavy (non-hydrogen) atoms. The summed E-state index contributed by atoms with van der Waals surface area (Å²) in [6, 6.07) is 5.99. The number of hydrogen-bond acceptors (Lipinski definition) is 3. The molecular formula is C19H27FN2O2. The minimum Gasteiger partial charge on any atom is -0.355 e. The maximum absolute atomic E-state index is 12.8. The molecule has 0 spiro atoms. The highest BCUT2D eigenvalue weighted by Gasteiger charge is 2.12. The fraction of sp³-hybridized carbons (Fsp3) is 0.579. The smallest absolute Gasteiger partial charge is 0.220 e. The molecule has 132 valence electrons. The van der Waals surface area contributed by atoms with Crippen LogP contribution in [0.1, 0.15) is 61.7 Å². The van der Waals surface area contributed by atoms with E-state index in [0.717, 1.165) is 6.54 Å². The highest BCUT2D eigenvalue weighted by Crippen LogP contribution is 2.16. The van der Waals surface area contributed by atoms with Gasteiger partial charge in [-0.2, -0.15) is 0 Å². The molecule has 2 rings (SSSR count). The van der Waals surface area contributed by atoms with Crippen molar-refractivity contribution in [2.24, 2.45) is 0 Å². The summed E-state index contributed by atoms with van der Waals surface area (Å²) in [4.78, 5) is 23.7. The Labute approximate surface area is 143 Å². The Morgan fingerprint density at radius 1 is 0.958 bits per heavy atom. The highest BCUT2D eigenvalue weighted by atomic mass is 19.1. The SMILES string of the molecule is O=C(CCC(=O)c1ccc(F)cc1)NCCNC1CCCCCC1. The Morgan fingerprint density at radius 2 is 1.62 bits per heavy atom. The molecule has 1 fully saturated rings. The lowest BCUT2D eigenvalue weighted by molar-refractivity contribution is -0.121. The van der Waals surface area contributed by atoms with Crippen molar-refractivity contribution in [1.82, 2.24) is 10.6 Å². The maximum Gasteiger partial charge on any atom is 0.220 e. The molecule has 1 aromatic carbocycles. The fourth-order valence-corrected chi connectivity index (χ4v) is 3.06. The van der Waals surface area contributed by atoms with E-state index >= 15 is 0 Å². The Hall–Kier alpha value is -1.75. The van der Waals surface area contributed by atoms with E-state index in [2.05, 4.69) is 10.6 Å². The van der Waals surface area contributed by atoms with Crippen molar-refractivity contribution >= 4 is 11.7 Å². The maximum atomic E-state index is 12.8. The molecule has 1 aliphatic carbocycles. The van der Waals surface area contributed by atoms with Crippen molar-refractivity contribution in [2.75, 3.05) is 13.1 Å². The second-order valence-electron chi connectivity index (χ2n) is 6.42. The third-order valence-corrected chi connectivity index (χ3v) is 4.48. The lowest BCUT2D eigenvalue weighted by Crippen LogP contribution is -2.36. The first-order valence-electron chi connectivity index (χ1n) is 8.94. The molecule has 2 N–H and O–H groups in total. The molecule has 1 saturated carbocycles. The van der Waals surface area contributed by atoms with Gasteiger partial charge in [0.25, 0.3) is 0 Å². The van der Waals surface area contributed by atoms with Gasteiger partial charge in [0.05, 0.1) is 0 Å². The summed E-state index contributed by atoms with van der Waals surface area (Å²) in [7, 11) is 0. The van der Waals surface area contributed by atoms with E-state index in [4.69, 9.17) is 0 Å². The third-order valence-electron chi connectivity index (χ3n) is 4.48. The monoisotopic (exact) mass is 334 g/mol. The minimum atomic E-state index is -0.370. The Bertz CT molecular complexity index is 523. The molecule has 1 amide bonds. The number of nitrogens with one attached hydrogen (secondary N) is 2. The summed E-state index contributed by atoms with van der Waals surface area (Å²) in [5, 5.41) is 6.34. The molecule has 0 aliphatic heterocycles. The van der Waals surface area contributed by atoms with Crippen LogP contribution in [0.2, 0.25) is 0 Å². The molecule has 4 nitrogen and oxygen atoms in total. The first-order valence-corrected chi connectivity index (χ1v) is 8.94. The molecule has 0 heterocycles. The first-order chi connectivity index (χ1) is 11.6. The lowest BCUT2D eigenvalue weighted by Gasteiger charge is -2.16. The van der Waals surface area contributed by atoms with E-state index in [-0.39, 0.29) is 30.3 Å². The number of ketones is 1. The number of rotatable bonds is 8. The highest BCUT2D eigenvalue weighted by molar-refractivity contribution is 5.97. The van der Waals surface area contributed by atoms with Gasteiger partial charge in [-0.1, -0.05) is 25.7 Å². The largest absolute Gasteiger partial charge is 0.355 e. The average Bonchev–Trinajstić information content (AvgIpc) is 2.86. The molecular weight excluding hydrogens is 307 g/mol. The predicted molar refractivity (Wildman–Crippen MR) is 92.5 cm³/mol. The van der Waals surface area contributed by atoms with Crippen molar-refractivity contribution in [2.45, 2.75) is 57.4 Å². The van der Waals surface area contributed by atoms with Gasteiger partial charge in [-0.05, 0) is 37.1 Å². The number of Topliss-reactive ketones (excluding diaryl/α,β-unsaturated/α-hetero) is 1. The van der Waals surface area contributed by atoms with Crippen molar-refractivity contribution < 1.29 is 14.0 Å². The number of carbonyl (C=O) groups is 2. The van der Waals surface area contributed by atoms with Gasteiger partial charge in [0.1, 0.15) is 5.82 Å². The van der Waals surface area contributed by atoms with Crippen LogP contribution in [0.3, 0.4) is 0 Å². The van der Waals surface area contributed by atoms with Crippen molar-refractivity contribution in [1.29, 1.82) is 0 Å². The molecule has 0 unspecified atom stereocenters. The topological polar surface area (TPSA) is 58.2 Å². The second-order valence-corrected chi connectivity index (χ2v) is 6.42. The molecule has 5 heteroatoms. The lowest BCUT2D eigenvalue weighted by atomic mass is 10.1. The zero-order valence-electron chi connectivity index (χ0n) is 14.2. The van der Waals surface area contributed by atoms with Crippen LogP contribution < -0.4 is 10.6 Å². The van der Waals surface area contributed by atoms with Crippen LogP contribution in [0.5, 0.6) is 0 Å². The molecule has 1 aliphatic rings. The summed E-state index contributed by atoms with van der Waals surface area (Å²) in [5.74, 6) is -0.625. The minimum absolute atomic E-state index is 0.117. The van der Waals surface area contributed by atoms with Gasteiger partial charge >= 0.3 is 0 Å². The molecule has 0 atom stereocenters. The van der Waals surface area contributed by atoms with Crippen molar-refractivity contribution in [3.05, 3.63) is 35.6 Å². The zero-order chi connectivity index (χ0) is 17.2. The Morgan fingerprint density at radius 3 is 2.29 bits per heavy atom. The number of amides is 1. The molecule has 0 radical (unpaired) electrons. The predicted octanol–water partition coefficient (Wildman–Crippen LogP) is 3.22. The fourth-order valence-electron chi connectivity index (χ4n) is 3.06. The van der Waals surface area contributed by atoms with Crippen molar-refractivity contribution in [3.8, 4) is 0 Å². The molecule has 0 bridgehead atoms. The van der Waals surface area contributed by atoms with E-state index in [9.17, 15) is 14.0 Å². The molecule has 0 aromatic heterocycles. The third kappa shape index (κ3) is 6.79. The summed E-state index contributed by atoms with van der Waals surface area (Å²) in [6.07, 6.45) is 7.99. The van der Waals surface area contributed by atoms with Gasteiger partial charge < -0.3 is 10.6 Å². The van der Waals surface area contributed by atoms with E-state index in [1.165, 1.54) is 62.8 Å². The van der Waals surface area contributed by atoms with Crippen LogP contribution >= 0.6 is 0 Å². The van der Waals surface area contributed by atoms with Gasteiger partial charge in [-0.25, -0.2) is 4.39 Å². The standard InChI is InChI=1S/C19H27FN2O2/c20-16-9-7-15(8-10-16)18(23)11-12-19(24)22-14-13-21-17-5-3-1-2-4-6-17/h7-10,17,21H,1-6,11-14H2,(H,22,24). The van der Waals surface area contributed by atoms with Gasteiger partial charge in [-0.3, -0.25) is 9.59 Å². The van der Waals surface area contributed by atoms with Crippen molar-refractivity contribution in [3.63, 3.8) is 0 Å². The van der Waals surface area contributed by atoms with Crippen LogP contribution in [0.25, 0.3) is 0 Å². The summed E-state index contributed by atoms with van der Waals surface area (Å²) >= 11 is 0. The van der Waals surface area contributed by atoms with Crippen LogP contribution in [-0.4, -0.2) is 30.8 Å². The van der Waals surface area contributed by atoms with E-state index in [1.807, 2.05) is 0 Å². The number of carbonyl (C=O) groups excluding carboxylic acids is 2. The second kappa shape index (κ2) is 10.2. The van der Waals surface area contributed by atoms with Gasteiger partial charge in [0.15, 0.2) is 5.78 Å². The number of halogens is 1. The first kappa shape index (κ1) is 18.6. The summed E-state index contributed by atoms with van der Waals surface area (Å²) < 4.78 is 12.8. The van der Waals surface area contributed by atoms with Crippen LogP contribution in [0, 0.1) is 5.82 Å². The van der Waals surface area contributed by atoms with E-state index < -0.39 is 0 Å². The van der Waals surface area contributed by atoms with Gasteiger partial charge in [0, 0.05) is 37.5 Å². The van der Waals surface area contributed by atoms with Gasteiger partial charge in [0.2, 0.25) is 5.91 Å². The Balaban J connectivity index is 1.57. The zero-order valence-corrected chi connectivity index (χ0v) is 14.2. The molecule has 0 saturated heterocycles. The normalized spacial score (nSPS) is 15.7. The summed E-state index contributed by atoms with van der Waals surface area (Å²) in [5.41, 5.74) is 0.444. The van der Waals surface area contributed by atoms with Crippen LogP contribution in [0.15, 0.2) is 24.3 Å². The summed E-state index contributed by atoms with van der Waals surface area (Å²) in [6.45, 7) is 1.35.